The normalized spacial score (nSPS) is 15.2. The molecule has 1 aromatic carbocycles. The van der Waals surface area contributed by atoms with Crippen LogP contribution in [-0.4, -0.2) is 29.1 Å². The lowest BCUT2D eigenvalue weighted by atomic mass is 10.0. The van der Waals surface area contributed by atoms with E-state index >= 15 is 0 Å². The van der Waals surface area contributed by atoms with Crippen LogP contribution in [0.1, 0.15) is 18.4 Å². The summed E-state index contributed by atoms with van der Waals surface area (Å²) in [7, 11) is 0. The fraction of sp³-hybridized carbons (Fsp3) is 0.273. The number of benzene rings is 1. The predicted molar refractivity (Wildman–Crippen MR) is 111 cm³/mol. The number of aromatic amines is 1. The molecular formula is C22H21F3N4O. The highest BCUT2D eigenvalue weighted by atomic mass is 19.4. The summed E-state index contributed by atoms with van der Waals surface area (Å²) in [6, 6.07) is 12.7. The molecule has 1 saturated heterocycles. The number of aromatic nitrogens is 2. The molecule has 0 aliphatic carbocycles. The Labute approximate surface area is 171 Å². The number of hydrogen-bond donors (Lipinski definition) is 2. The second-order valence-corrected chi connectivity index (χ2v) is 7.32. The van der Waals surface area contributed by atoms with E-state index in [0.717, 1.165) is 60.7 Å². The van der Waals surface area contributed by atoms with Gasteiger partial charge in [0.25, 0.3) is 0 Å². The van der Waals surface area contributed by atoms with Gasteiger partial charge in [0.15, 0.2) is 0 Å². The van der Waals surface area contributed by atoms with Crippen molar-refractivity contribution in [2.24, 2.45) is 0 Å². The van der Waals surface area contributed by atoms with Crippen LogP contribution in [0, 0.1) is 0 Å². The second kappa shape index (κ2) is 8.22. The van der Waals surface area contributed by atoms with Gasteiger partial charge in [0.2, 0.25) is 5.56 Å². The second-order valence-electron chi connectivity index (χ2n) is 7.32. The summed E-state index contributed by atoms with van der Waals surface area (Å²) in [6.45, 7) is 1.54. The van der Waals surface area contributed by atoms with E-state index in [-0.39, 0.29) is 11.6 Å². The van der Waals surface area contributed by atoms with Crippen molar-refractivity contribution in [2.45, 2.75) is 25.1 Å². The molecule has 5 nitrogen and oxygen atoms in total. The van der Waals surface area contributed by atoms with Gasteiger partial charge in [-0.05, 0) is 55.3 Å². The van der Waals surface area contributed by atoms with E-state index in [9.17, 15) is 18.0 Å². The van der Waals surface area contributed by atoms with E-state index in [1.54, 1.807) is 18.5 Å². The zero-order valence-electron chi connectivity index (χ0n) is 16.1. The molecule has 156 valence electrons. The average Bonchev–Trinajstić information content (AvgIpc) is 2.75. The van der Waals surface area contributed by atoms with E-state index in [0.29, 0.717) is 0 Å². The minimum Gasteiger partial charge on any atom is -0.381 e. The molecule has 1 aliphatic heterocycles. The van der Waals surface area contributed by atoms with Crippen molar-refractivity contribution in [3.63, 3.8) is 0 Å². The maximum absolute atomic E-state index is 12.7. The van der Waals surface area contributed by atoms with Crippen molar-refractivity contribution in [3.05, 3.63) is 76.8 Å². The molecule has 0 bridgehead atoms. The highest BCUT2D eigenvalue weighted by Crippen LogP contribution is 2.31. The Morgan fingerprint density at radius 1 is 1.00 bits per heavy atom. The number of pyridine rings is 2. The Morgan fingerprint density at radius 3 is 2.30 bits per heavy atom. The third kappa shape index (κ3) is 4.64. The molecule has 0 unspecified atom stereocenters. The van der Waals surface area contributed by atoms with Crippen LogP contribution in [0.3, 0.4) is 0 Å². The van der Waals surface area contributed by atoms with Crippen molar-refractivity contribution in [1.29, 1.82) is 0 Å². The minimum atomic E-state index is -4.31. The highest BCUT2D eigenvalue weighted by molar-refractivity contribution is 5.60. The van der Waals surface area contributed by atoms with Crippen LogP contribution >= 0.6 is 0 Å². The van der Waals surface area contributed by atoms with Gasteiger partial charge >= 0.3 is 6.18 Å². The highest BCUT2D eigenvalue weighted by Gasteiger charge is 2.30. The maximum Gasteiger partial charge on any atom is 0.416 e. The van der Waals surface area contributed by atoms with Crippen molar-refractivity contribution in [1.82, 2.24) is 9.97 Å². The Bertz CT molecular complexity index is 1020. The first-order valence-electron chi connectivity index (χ1n) is 9.72. The summed E-state index contributed by atoms with van der Waals surface area (Å²) in [5, 5.41) is 3.47. The van der Waals surface area contributed by atoms with Crippen LogP contribution in [0.2, 0.25) is 0 Å². The van der Waals surface area contributed by atoms with Gasteiger partial charge in [-0.3, -0.25) is 9.78 Å². The summed E-state index contributed by atoms with van der Waals surface area (Å²) in [6.07, 6.45) is 0.847. The van der Waals surface area contributed by atoms with Gasteiger partial charge in [-0.25, -0.2) is 0 Å². The first-order chi connectivity index (χ1) is 14.4. The number of anilines is 2. The van der Waals surface area contributed by atoms with E-state index in [4.69, 9.17) is 0 Å². The third-order valence-corrected chi connectivity index (χ3v) is 5.27. The summed E-state index contributed by atoms with van der Waals surface area (Å²) < 4.78 is 38.1. The van der Waals surface area contributed by atoms with Crippen molar-refractivity contribution in [3.8, 4) is 11.3 Å². The summed E-state index contributed by atoms with van der Waals surface area (Å²) >= 11 is 0. The van der Waals surface area contributed by atoms with Crippen LogP contribution in [0.4, 0.5) is 24.5 Å². The molecule has 8 heteroatoms. The van der Waals surface area contributed by atoms with Crippen LogP contribution in [0.5, 0.6) is 0 Å². The van der Waals surface area contributed by atoms with Gasteiger partial charge in [-0.15, -0.1) is 0 Å². The predicted octanol–water partition coefficient (Wildman–Crippen LogP) is 4.54. The smallest absolute Gasteiger partial charge is 0.381 e. The monoisotopic (exact) mass is 414 g/mol. The summed E-state index contributed by atoms with van der Waals surface area (Å²) in [5.74, 6) is 0. The Kier molecular flexibility index (Phi) is 5.48. The number of piperidine rings is 1. The number of halogens is 3. The fourth-order valence-electron chi connectivity index (χ4n) is 3.60. The first-order valence-corrected chi connectivity index (χ1v) is 9.72. The molecule has 0 spiro atoms. The van der Waals surface area contributed by atoms with Gasteiger partial charge in [-0.1, -0.05) is 0 Å². The Morgan fingerprint density at radius 2 is 1.73 bits per heavy atom. The van der Waals surface area contributed by atoms with Crippen molar-refractivity contribution in [2.75, 3.05) is 23.3 Å². The molecule has 2 aromatic heterocycles. The van der Waals surface area contributed by atoms with Gasteiger partial charge in [0, 0.05) is 42.6 Å². The number of H-pyrrole nitrogens is 1. The molecular weight excluding hydrogens is 393 g/mol. The standard InChI is InChI=1S/C22H21F3N4O/c23-22(24,25)16-2-5-19(6-3-16)29-11-9-17(10-12-29)28-18-4-7-20(26-14-18)15-1-8-21(30)27-13-15/h1-8,13-14,17,28H,9-12H2,(H,27,30). The zero-order chi connectivity index (χ0) is 21.1. The zero-order valence-corrected chi connectivity index (χ0v) is 16.1. The maximum atomic E-state index is 12.7. The molecule has 3 heterocycles. The summed E-state index contributed by atoms with van der Waals surface area (Å²) in [5.41, 5.74) is 2.56. The lowest BCUT2D eigenvalue weighted by molar-refractivity contribution is -0.137. The lowest BCUT2D eigenvalue weighted by Crippen LogP contribution is -2.39. The molecule has 2 N–H and O–H groups in total. The number of nitrogens with zero attached hydrogens (tertiary/aromatic N) is 2. The molecule has 0 saturated carbocycles. The Hall–Kier alpha value is -3.29. The summed E-state index contributed by atoms with van der Waals surface area (Å²) in [4.78, 5) is 20.4. The van der Waals surface area contributed by atoms with Crippen LogP contribution < -0.4 is 15.8 Å². The quantitative estimate of drug-likeness (QED) is 0.658. The molecule has 0 amide bonds. The number of alkyl halides is 3. The number of rotatable bonds is 4. The van der Waals surface area contributed by atoms with Crippen LogP contribution in [0.15, 0.2) is 65.7 Å². The SMILES string of the molecule is O=c1ccc(-c2ccc(NC3CCN(c4ccc(C(F)(F)F)cc4)CC3)cn2)c[nH]1. The van der Waals surface area contributed by atoms with E-state index in [1.165, 1.54) is 18.2 Å². The number of nitrogens with one attached hydrogen (secondary N) is 2. The molecule has 3 aromatic rings. The topological polar surface area (TPSA) is 61.0 Å². The molecule has 1 fully saturated rings. The first kappa shape index (κ1) is 20.0. The average molecular weight is 414 g/mol. The fourth-order valence-corrected chi connectivity index (χ4v) is 3.60. The van der Waals surface area contributed by atoms with E-state index in [2.05, 4.69) is 20.2 Å². The van der Waals surface area contributed by atoms with E-state index in [1.807, 2.05) is 12.1 Å². The molecule has 0 atom stereocenters. The molecule has 1 aliphatic rings. The van der Waals surface area contributed by atoms with Crippen molar-refractivity contribution >= 4 is 11.4 Å². The molecule has 0 radical (unpaired) electrons. The molecule has 30 heavy (non-hydrogen) atoms. The molecule has 4 rings (SSSR count). The van der Waals surface area contributed by atoms with E-state index < -0.39 is 11.7 Å². The van der Waals surface area contributed by atoms with Crippen LogP contribution in [0.25, 0.3) is 11.3 Å². The third-order valence-electron chi connectivity index (χ3n) is 5.27. The van der Waals surface area contributed by atoms with Gasteiger partial charge in [-0.2, -0.15) is 13.2 Å². The minimum absolute atomic E-state index is 0.153. The largest absolute Gasteiger partial charge is 0.416 e. The van der Waals surface area contributed by atoms with Crippen molar-refractivity contribution < 1.29 is 13.2 Å². The van der Waals surface area contributed by atoms with Gasteiger partial charge in [0.05, 0.1) is 23.1 Å². The number of hydrogen-bond acceptors (Lipinski definition) is 4. The lowest BCUT2D eigenvalue weighted by Gasteiger charge is -2.34. The van der Waals surface area contributed by atoms with Gasteiger partial charge in [0.1, 0.15) is 0 Å². The van der Waals surface area contributed by atoms with Crippen LogP contribution in [-0.2, 0) is 6.18 Å². The van der Waals surface area contributed by atoms with Gasteiger partial charge < -0.3 is 15.2 Å². The Balaban J connectivity index is 1.32.